The Balaban J connectivity index is 1.80. The van der Waals surface area contributed by atoms with Crippen molar-refractivity contribution < 1.29 is 17.9 Å². The van der Waals surface area contributed by atoms with Crippen molar-refractivity contribution in [1.29, 1.82) is 0 Å². The van der Waals surface area contributed by atoms with Crippen molar-refractivity contribution in [3.8, 4) is 11.5 Å². The van der Waals surface area contributed by atoms with Gasteiger partial charge in [0, 0.05) is 24.1 Å². The first-order valence-corrected chi connectivity index (χ1v) is 9.05. The molecule has 0 saturated heterocycles. The zero-order valence-electron chi connectivity index (χ0n) is 12.3. The van der Waals surface area contributed by atoms with E-state index in [9.17, 15) is 8.42 Å². The first-order valence-electron chi connectivity index (χ1n) is 7.19. The predicted octanol–water partition coefficient (Wildman–Crippen LogP) is 2.98. The topological polar surface area (TPSA) is 64.6 Å². The number of fused-ring (bicyclic) bond motifs is 1. The molecule has 2 aromatic rings. The summed E-state index contributed by atoms with van der Waals surface area (Å²) >= 11 is 6.04. The standard InChI is InChI=1S/C16H16ClNO4S/c17-14-5-2-1-4-12(14)11-18-23(19,20)13-6-7-15-16(10-13)22-9-3-8-21-15/h1-2,4-7,10,18H,3,8-9,11H2. The van der Waals surface area contributed by atoms with Gasteiger partial charge in [-0.3, -0.25) is 0 Å². The van der Waals surface area contributed by atoms with Crippen LogP contribution in [-0.2, 0) is 16.6 Å². The van der Waals surface area contributed by atoms with Gasteiger partial charge < -0.3 is 9.47 Å². The van der Waals surface area contributed by atoms with Gasteiger partial charge in [-0.1, -0.05) is 29.8 Å². The van der Waals surface area contributed by atoms with Crippen LogP contribution in [0.5, 0.6) is 11.5 Å². The second-order valence-corrected chi connectivity index (χ2v) is 7.25. The van der Waals surface area contributed by atoms with Crippen LogP contribution in [0.1, 0.15) is 12.0 Å². The van der Waals surface area contributed by atoms with Crippen molar-refractivity contribution in [2.75, 3.05) is 13.2 Å². The molecule has 0 fully saturated rings. The van der Waals surface area contributed by atoms with Crippen LogP contribution >= 0.6 is 11.6 Å². The summed E-state index contributed by atoms with van der Waals surface area (Å²) in [5, 5.41) is 0.522. The van der Waals surface area contributed by atoms with Gasteiger partial charge in [0.2, 0.25) is 10.0 Å². The zero-order chi connectivity index (χ0) is 16.3. The van der Waals surface area contributed by atoms with Crippen molar-refractivity contribution in [1.82, 2.24) is 4.72 Å². The molecular formula is C16H16ClNO4S. The highest BCUT2D eigenvalue weighted by molar-refractivity contribution is 7.89. The summed E-state index contributed by atoms with van der Waals surface area (Å²) in [6.07, 6.45) is 0.765. The normalized spacial score (nSPS) is 14.3. The summed E-state index contributed by atoms with van der Waals surface area (Å²) in [6, 6.07) is 11.7. The maximum absolute atomic E-state index is 12.4. The summed E-state index contributed by atoms with van der Waals surface area (Å²) in [7, 11) is -3.66. The van der Waals surface area contributed by atoms with Crippen LogP contribution in [0.2, 0.25) is 5.02 Å². The van der Waals surface area contributed by atoms with Crippen molar-refractivity contribution in [2.45, 2.75) is 17.9 Å². The molecule has 122 valence electrons. The Morgan fingerprint density at radius 2 is 1.78 bits per heavy atom. The van der Waals surface area contributed by atoms with Crippen LogP contribution in [0.15, 0.2) is 47.4 Å². The van der Waals surface area contributed by atoms with Crippen molar-refractivity contribution in [2.24, 2.45) is 0 Å². The molecule has 0 radical (unpaired) electrons. The molecule has 1 aliphatic heterocycles. The van der Waals surface area contributed by atoms with Crippen LogP contribution < -0.4 is 14.2 Å². The second kappa shape index (κ2) is 6.78. The summed E-state index contributed by atoms with van der Waals surface area (Å²) in [4.78, 5) is 0.133. The fourth-order valence-electron chi connectivity index (χ4n) is 2.21. The zero-order valence-corrected chi connectivity index (χ0v) is 13.9. The highest BCUT2D eigenvalue weighted by Gasteiger charge is 2.18. The molecule has 0 atom stereocenters. The lowest BCUT2D eigenvalue weighted by atomic mass is 10.2. The van der Waals surface area contributed by atoms with E-state index in [2.05, 4.69) is 4.72 Å². The molecule has 0 unspecified atom stereocenters. The molecule has 0 saturated carbocycles. The van der Waals surface area contributed by atoms with Crippen molar-refractivity contribution in [3.05, 3.63) is 53.1 Å². The summed E-state index contributed by atoms with van der Waals surface area (Å²) < 4.78 is 38.5. The molecular weight excluding hydrogens is 338 g/mol. The Hall–Kier alpha value is -1.76. The van der Waals surface area contributed by atoms with Gasteiger partial charge in [0.1, 0.15) is 0 Å². The molecule has 3 rings (SSSR count). The molecule has 1 heterocycles. The molecule has 23 heavy (non-hydrogen) atoms. The van der Waals surface area contributed by atoms with E-state index in [0.717, 1.165) is 6.42 Å². The smallest absolute Gasteiger partial charge is 0.241 e. The van der Waals surface area contributed by atoms with Gasteiger partial charge in [0.15, 0.2) is 11.5 Å². The lowest BCUT2D eigenvalue weighted by molar-refractivity contribution is 0.297. The number of rotatable bonds is 4. The Kier molecular flexibility index (Phi) is 4.75. The molecule has 0 amide bonds. The molecule has 0 aromatic heterocycles. The number of sulfonamides is 1. The first kappa shape index (κ1) is 16.1. The third kappa shape index (κ3) is 3.77. The Morgan fingerprint density at radius 3 is 2.57 bits per heavy atom. The maximum atomic E-state index is 12.4. The molecule has 5 nitrogen and oxygen atoms in total. The quantitative estimate of drug-likeness (QED) is 0.917. The van der Waals surface area contributed by atoms with Gasteiger partial charge in [-0.2, -0.15) is 0 Å². The van der Waals surface area contributed by atoms with E-state index in [1.165, 1.54) is 12.1 Å². The Labute approximate surface area is 140 Å². The third-order valence-corrected chi connectivity index (χ3v) is 5.21. The van der Waals surface area contributed by atoms with E-state index >= 15 is 0 Å². The Morgan fingerprint density at radius 1 is 1.04 bits per heavy atom. The van der Waals surface area contributed by atoms with Crippen LogP contribution in [0.25, 0.3) is 0 Å². The number of hydrogen-bond acceptors (Lipinski definition) is 4. The second-order valence-electron chi connectivity index (χ2n) is 5.07. The lowest BCUT2D eigenvalue weighted by Gasteiger charge is -2.11. The van der Waals surface area contributed by atoms with E-state index < -0.39 is 10.0 Å². The van der Waals surface area contributed by atoms with Crippen LogP contribution in [0, 0.1) is 0 Å². The minimum Gasteiger partial charge on any atom is -0.490 e. The van der Waals surface area contributed by atoms with Gasteiger partial charge in [0.25, 0.3) is 0 Å². The predicted molar refractivity (Wildman–Crippen MR) is 87.5 cm³/mol. The van der Waals surface area contributed by atoms with Gasteiger partial charge in [0.05, 0.1) is 18.1 Å². The molecule has 0 spiro atoms. The number of halogens is 1. The van der Waals surface area contributed by atoms with Crippen molar-refractivity contribution >= 4 is 21.6 Å². The highest BCUT2D eigenvalue weighted by Crippen LogP contribution is 2.31. The van der Waals surface area contributed by atoms with Crippen LogP contribution in [0.4, 0.5) is 0 Å². The number of ether oxygens (including phenoxy) is 2. The van der Waals surface area contributed by atoms with E-state index in [-0.39, 0.29) is 11.4 Å². The first-order chi connectivity index (χ1) is 11.1. The molecule has 1 N–H and O–H groups in total. The SMILES string of the molecule is O=S(=O)(NCc1ccccc1Cl)c1ccc2c(c1)OCCCO2. The number of benzene rings is 2. The van der Waals surface area contributed by atoms with Gasteiger partial charge >= 0.3 is 0 Å². The minimum atomic E-state index is -3.66. The van der Waals surface area contributed by atoms with E-state index in [0.29, 0.717) is 35.3 Å². The highest BCUT2D eigenvalue weighted by atomic mass is 35.5. The average molecular weight is 354 g/mol. The van der Waals surface area contributed by atoms with Gasteiger partial charge in [-0.05, 0) is 23.8 Å². The van der Waals surface area contributed by atoms with E-state index in [1.807, 2.05) is 6.07 Å². The number of hydrogen-bond donors (Lipinski definition) is 1. The van der Waals surface area contributed by atoms with Crippen LogP contribution in [0.3, 0.4) is 0 Å². The monoisotopic (exact) mass is 353 g/mol. The average Bonchev–Trinajstić information content (AvgIpc) is 2.78. The molecule has 7 heteroatoms. The third-order valence-electron chi connectivity index (χ3n) is 3.44. The van der Waals surface area contributed by atoms with Crippen molar-refractivity contribution in [3.63, 3.8) is 0 Å². The van der Waals surface area contributed by atoms with Gasteiger partial charge in [-0.15, -0.1) is 0 Å². The molecule has 1 aliphatic rings. The summed E-state index contributed by atoms with van der Waals surface area (Å²) in [5.74, 6) is 1.01. The molecule has 0 bridgehead atoms. The summed E-state index contributed by atoms with van der Waals surface area (Å²) in [5.41, 5.74) is 0.715. The lowest BCUT2D eigenvalue weighted by Crippen LogP contribution is -2.23. The largest absolute Gasteiger partial charge is 0.490 e. The van der Waals surface area contributed by atoms with Gasteiger partial charge in [-0.25, -0.2) is 13.1 Å². The van der Waals surface area contributed by atoms with Crippen LogP contribution in [-0.4, -0.2) is 21.6 Å². The Bertz CT molecular complexity index is 807. The fraction of sp³-hybridized carbons (Fsp3) is 0.250. The van der Waals surface area contributed by atoms with E-state index in [1.54, 1.807) is 24.3 Å². The van der Waals surface area contributed by atoms with E-state index in [4.69, 9.17) is 21.1 Å². The molecule has 0 aliphatic carbocycles. The number of nitrogens with one attached hydrogen (secondary N) is 1. The summed E-state index contributed by atoms with van der Waals surface area (Å²) in [6.45, 7) is 1.18. The fourth-order valence-corrected chi connectivity index (χ4v) is 3.43. The maximum Gasteiger partial charge on any atom is 0.241 e. The minimum absolute atomic E-state index is 0.121. The molecule has 2 aromatic carbocycles.